The van der Waals surface area contributed by atoms with E-state index in [1.165, 1.54) is 24.3 Å². The Morgan fingerprint density at radius 2 is 1.82 bits per heavy atom. The molecule has 1 atom stereocenters. The first-order valence-electron chi connectivity index (χ1n) is 11.6. The lowest BCUT2D eigenvalue weighted by atomic mass is 9.93. The summed E-state index contributed by atoms with van der Waals surface area (Å²) in [5.41, 5.74) is 0.934. The number of benzene rings is 3. The lowest BCUT2D eigenvalue weighted by molar-refractivity contribution is -0.139. The van der Waals surface area contributed by atoms with Gasteiger partial charge in [-0.3, -0.25) is 14.6 Å². The minimum absolute atomic E-state index is 0.0318. The Bertz CT molecular complexity index is 1550. The fourth-order valence-electron chi connectivity index (χ4n) is 4.27. The topological polar surface area (TPSA) is 85.7 Å². The number of carboxylic acids is 1. The summed E-state index contributed by atoms with van der Waals surface area (Å²) >= 11 is 6.34. The first-order chi connectivity index (χ1) is 18.1. The number of pyridine rings is 1. The van der Waals surface area contributed by atoms with Crippen LogP contribution in [-0.4, -0.2) is 28.4 Å². The van der Waals surface area contributed by atoms with Crippen molar-refractivity contribution >= 4 is 34.3 Å². The van der Waals surface area contributed by atoms with Gasteiger partial charge in [-0.1, -0.05) is 17.7 Å². The summed E-state index contributed by atoms with van der Waals surface area (Å²) in [6, 6.07) is 15.8. The average molecular weight is 542 g/mol. The van der Waals surface area contributed by atoms with Crippen LogP contribution in [0.1, 0.15) is 39.5 Å². The Kier molecular flexibility index (Phi) is 6.71. The summed E-state index contributed by atoms with van der Waals surface area (Å²) in [5, 5.41) is 9.99. The summed E-state index contributed by atoms with van der Waals surface area (Å²) in [7, 11) is 0. The first kappa shape index (κ1) is 25.5. The molecule has 0 spiro atoms. The van der Waals surface area contributed by atoms with Crippen molar-refractivity contribution in [2.45, 2.75) is 24.9 Å². The molecule has 2 heterocycles. The second-order valence-corrected chi connectivity index (χ2v) is 9.19. The lowest BCUT2D eigenvalue weighted by Gasteiger charge is -2.24. The van der Waals surface area contributed by atoms with Crippen molar-refractivity contribution in [3.05, 3.63) is 94.1 Å². The van der Waals surface area contributed by atoms with E-state index < -0.39 is 23.6 Å². The molecule has 10 heteroatoms. The molecule has 0 fully saturated rings. The van der Waals surface area contributed by atoms with Crippen LogP contribution in [-0.2, 0) is 17.4 Å². The third-order valence-electron chi connectivity index (χ3n) is 6.22. The van der Waals surface area contributed by atoms with E-state index in [0.29, 0.717) is 45.6 Å². The van der Waals surface area contributed by atoms with Crippen LogP contribution in [0.4, 0.5) is 13.2 Å². The maximum absolute atomic E-state index is 12.9. The molecule has 1 aliphatic heterocycles. The molecule has 1 unspecified atom stereocenters. The molecule has 5 rings (SSSR count). The predicted molar refractivity (Wildman–Crippen MR) is 133 cm³/mol. The number of carboxylic acid groups (broad SMARTS) is 1. The predicted octanol–water partition coefficient (Wildman–Crippen LogP) is 7.08. The number of fused-ring (bicyclic) bond motifs is 2. The van der Waals surface area contributed by atoms with Gasteiger partial charge in [0.25, 0.3) is 0 Å². The average Bonchev–Trinajstić information content (AvgIpc) is 2.88. The molecule has 0 saturated heterocycles. The summed E-state index contributed by atoms with van der Waals surface area (Å²) in [5.74, 6) is -0.801. The minimum atomic E-state index is -4.44. The Hall–Kier alpha value is -4.11. The zero-order valence-electron chi connectivity index (χ0n) is 19.6. The highest BCUT2D eigenvalue weighted by atomic mass is 35.5. The molecule has 0 radical (unpaired) electrons. The Balaban J connectivity index is 1.28. The maximum Gasteiger partial charge on any atom is 0.416 e. The summed E-state index contributed by atoms with van der Waals surface area (Å²) in [6.45, 7) is 0.266. The zero-order chi connectivity index (χ0) is 27.0. The molecular weight excluding hydrogens is 523 g/mol. The number of alkyl halides is 3. The molecule has 0 bridgehead atoms. The number of halogens is 4. The smallest absolute Gasteiger partial charge is 0.416 e. The number of ether oxygens (including phenoxy) is 2. The van der Waals surface area contributed by atoms with Crippen molar-refractivity contribution in [1.29, 1.82) is 0 Å². The van der Waals surface area contributed by atoms with Gasteiger partial charge < -0.3 is 14.6 Å². The van der Waals surface area contributed by atoms with Gasteiger partial charge in [-0.2, -0.15) is 13.2 Å². The normalized spacial score (nSPS) is 15.0. The van der Waals surface area contributed by atoms with Gasteiger partial charge in [0.05, 0.1) is 35.0 Å². The van der Waals surface area contributed by atoms with Crippen LogP contribution in [0.15, 0.2) is 66.7 Å². The third kappa shape index (κ3) is 5.28. The molecule has 3 aromatic carbocycles. The van der Waals surface area contributed by atoms with Crippen molar-refractivity contribution in [3.63, 3.8) is 0 Å². The van der Waals surface area contributed by atoms with Crippen molar-refractivity contribution in [3.8, 4) is 17.2 Å². The molecule has 1 N–H and O–H groups in total. The summed E-state index contributed by atoms with van der Waals surface area (Å²) in [4.78, 5) is 28.6. The van der Waals surface area contributed by atoms with Crippen molar-refractivity contribution in [2.75, 3.05) is 6.61 Å². The largest absolute Gasteiger partial charge is 0.493 e. The standard InChI is InChI=1S/C28H19ClF3NO5/c29-22-13-21-20(27(35)36)9-10-37-25(21)14-26(22)38-19-6-2-15(3-7-19)24(34)12-18-5-1-16-11-17(28(30,31)32)4-8-23(16)33-18/h1-8,11,13-14,20H,9-10,12H2,(H,35,36). The molecule has 194 valence electrons. The second-order valence-electron chi connectivity index (χ2n) is 8.78. The van der Waals surface area contributed by atoms with Gasteiger partial charge in [0.1, 0.15) is 17.2 Å². The number of Topliss-reactive ketones (excluding diaryl/α,β-unsaturated/α-hetero) is 1. The first-order valence-corrected chi connectivity index (χ1v) is 11.9. The van der Waals surface area contributed by atoms with Gasteiger partial charge >= 0.3 is 12.1 Å². The Morgan fingerprint density at radius 1 is 1.05 bits per heavy atom. The molecule has 0 amide bonds. The highest BCUT2D eigenvalue weighted by Gasteiger charge is 2.31. The summed E-state index contributed by atoms with van der Waals surface area (Å²) in [6.07, 6.45) is -4.13. The minimum Gasteiger partial charge on any atom is -0.493 e. The van der Waals surface area contributed by atoms with Gasteiger partial charge in [0, 0.05) is 28.3 Å². The van der Waals surface area contributed by atoms with Gasteiger partial charge in [-0.15, -0.1) is 0 Å². The lowest BCUT2D eigenvalue weighted by Crippen LogP contribution is -2.20. The number of hydrogen-bond donors (Lipinski definition) is 1. The van der Waals surface area contributed by atoms with Gasteiger partial charge in [-0.05, 0) is 61.0 Å². The SMILES string of the molecule is O=C(Cc1ccc2cc(C(F)(F)F)ccc2n1)c1ccc(Oc2cc3c(cc2Cl)C(C(=O)O)CCO3)cc1. The third-order valence-corrected chi connectivity index (χ3v) is 6.52. The van der Waals surface area contributed by atoms with Crippen LogP contribution >= 0.6 is 11.6 Å². The molecular formula is C28H19ClF3NO5. The monoisotopic (exact) mass is 541 g/mol. The van der Waals surface area contributed by atoms with Gasteiger partial charge in [0.2, 0.25) is 0 Å². The second kappa shape index (κ2) is 9.98. The van der Waals surface area contributed by atoms with Crippen LogP contribution < -0.4 is 9.47 Å². The fourth-order valence-corrected chi connectivity index (χ4v) is 4.48. The number of rotatable bonds is 6. The van der Waals surface area contributed by atoms with E-state index in [-0.39, 0.29) is 29.6 Å². The van der Waals surface area contributed by atoms with Crippen LogP contribution in [0.5, 0.6) is 17.2 Å². The number of aliphatic carboxylic acids is 1. The number of aromatic nitrogens is 1. The van der Waals surface area contributed by atoms with E-state index in [0.717, 1.165) is 12.1 Å². The van der Waals surface area contributed by atoms with Crippen LogP contribution in [0.2, 0.25) is 5.02 Å². The number of carbonyl (C=O) groups excluding carboxylic acids is 1. The van der Waals surface area contributed by atoms with Crippen molar-refractivity contribution in [2.24, 2.45) is 0 Å². The Labute approximate surface area is 219 Å². The highest BCUT2D eigenvalue weighted by molar-refractivity contribution is 6.32. The highest BCUT2D eigenvalue weighted by Crippen LogP contribution is 2.42. The van der Waals surface area contributed by atoms with E-state index in [2.05, 4.69) is 4.98 Å². The van der Waals surface area contributed by atoms with Gasteiger partial charge in [-0.25, -0.2) is 0 Å². The van der Waals surface area contributed by atoms with E-state index >= 15 is 0 Å². The summed E-state index contributed by atoms with van der Waals surface area (Å²) < 4.78 is 50.2. The number of carbonyl (C=O) groups is 2. The number of hydrogen-bond acceptors (Lipinski definition) is 5. The van der Waals surface area contributed by atoms with Crippen LogP contribution in [0.3, 0.4) is 0 Å². The molecule has 6 nitrogen and oxygen atoms in total. The molecule has 0 aliphatic carbocycles. The van der Waals surface area contributed by atoms with Crippen LogP contribution in [0.25, 0.3) is 10.9 Å². The molecule has 4 aromatic rings. The fraction of sp³-hybridized carbons (Fsp3) is 0.179. The zero-order valence-corrected chi connectivity index (χ0v) is 20.3. The number of nitrogens with zero attached hydrogens (tertiary/aromatic N) is 1. The molecule has 1 aromatic heterocycles. The molecule has 0 saturated carbocycles. The van der Waals surface area contributed by atoms with Crippen molar-refractivity contribution < 1.29 is 37.3 Å². The van der Waals surface area contributed by atoms with Gasteiger partial charge in [0.15, 0.2) is 5.78 Å². The van der Waals surface area contributed by atoms with E-state index in [1.54, 1.807) is 30.3 Å². The van der Waals surface area contributed by atoms with Crippen molar-refractivity contribution in [1.82, 2.24) is 4.98 Å². The number of ketones is 1. The van der Waals surface area contributed by atoms with E-state index in [9.17, 15) is 27.9 Å². The van der Waals surface area contributed by atoms with E-state index in [4.69, 9.17) is 21.1 Å². The maximum atomic E-state index is 12.9. The Morgan fingerprint density at radius 3 is 2.53 bits per heavy atom. The quantitative estimate of drug-likeness (QED) is 0.263. The van der Waals surface area contributed by atoms with Crippen LogP contribution in [0, 0.1) is 0 Å². The molecule has 38 heavy (non-hydrogen) atoms. The molecule has 1 aliphatic rings. The van der Waals surface area contributed by atoms with E-state index in [1.807, 2.05) is 0 Å².